The monoisotopic (exact) mass is 255 g/mol. The zero-order chi connectivity index (χ0) is 11.1. The number of nitrogens with one attached hydrogen (secondary N) is 1. The minimum absolute atomic E-state index is 0.583. The van der Waals surface area contributed by atoms with E-state index in [1.807, 2.05) is 11.8 Å². The van der Waals surface area contributed by atoms with E-state index < -0.39 is 0 Å². The first-order valence-electron chi connectivity index (χ1n) is 5.52. The molecule has 0 aromatic carbocycles. The van der Waals surface area contributed by atoms with Gasteiger partial charge in [0.1, 0.15) is 5.82 Å². The van der Waals surface area contributed by atoms with Gasteiger partial charge in [-0.1, -0.05) is 11.6 Å². The molecule has 0 amide bonds. The highest BCUT2D eigenvalue weighted by Crippen LogP contribution is 2.40. The fourth-order valence-corrected chi connectivity index (χ4v) is 3.78. The van der Waals surface area contributed by atoms with E-state index in [-0.39, 0.29) is 0 Å². The third kappa shape index (κ3) is 1.60. The highest BCUT2D eigenvalue weighted by molar-refractivity contribution is 7.99. The van der Waals surface area contributed by atoms with Crippen LogP contribution in [0.15, 0.2) is 11.1 Å². The van der Waals surface area contributed by atoms with Crippen LogP contribution in [0.3, 0.4) is 0 Å². The topological polar surface area (TPSA) is 28.2 Å². The fourth-order valence-electron chi connectivity index (χ4n) is 2.30. The minimum atomic E-state index is 0.583. The molecule has 5 heteroatoms. The largest absolute Gasteiger partial charge is 0.349 e. The van der Waals surface area contributed by atoms with Gasteiger partial charge in [-0.25, -0.2) is 4.98 Å². The second kappa shape index (κ2) is 4.09. The Labute approximate surface area is 105 Å². The number of anilines is 1. The predicted octanol–water partition coefficient (Wildman–Crippen LogP) is 1.93. The van der Waals surface area contributed by atoms with E-state index in [0.29, 0.717) is 6.04 Å². The molecule has 1 saturated heterocycles. The lowest BCUT2D eigenvalue weighted by atomic mass is 10.2. The molecule has 0 aliphatic carbocycles. The summed E-state index contributed by atoms with van der Waals surface area (Å²) in [5.41, 5.74) is 1.17. The van der Waals surface area contributed by atoms with Crippen LogP contribution in [0.4, 0.5) is 5.82 Å². The molecule has 3 rings (SSSR count). The molecule has 3 heterocycles. The van der Waals surface area contributed by atoms with E-state index in [1.54, 1.807) is 6.20 Å². The molecule has 16 heavy (non-hydrogen) atoms. The van der Waals surface area contributed by atoms with Gasteiger partial charge in [-0.05, 0) is 12.5 Å². The maximum atomic E-state index is 6.11. The molecule has 0 saturated carbocycles. The Hall–Kier alpha value is -0.450. The Bertz CT molecular complexity index is 424. The van der Waals surface area contributed by atoms with Crippen molar-refractivity contribution in [2.24, 2.45) is 0 Å². The van der Waals surface area contributed by atoms with Gasteiger partial charge in [-0.3, -0.25) is 0 Å². The van der Waals surface area contributed by atoms with Crippen molar-refractivity contribution in [3.05, 3.63) is 16.8 Å². The lowest BCUT2D eigenvalue weighted by molar-refractivity contribution is 0.495. The average molecular weight is 256 g/mol. The molecule has 2 aliphatic heterocycles. The molecule has 2 aliphatic rings. The molecular weight excluding hydrogens is 242 g/mol. The average Bonchev–Trinajstić information content (AvgIpc) is 2.33. The highest BCUT2D eigenvalue weighted by atomic mass is 35.5. The molecule has 0 radical (unpaired) electrons. The van der Waals surface area contributed by atoms with Crippen LogP contribution in [0.5, 0.6) is 0 Å². The molecule has 0 spiro atoms. The number of piperazine rings is 1. The number of hydrogen-bond acceptors (Lipinski definition) is 4. The zero-order valence-electron chi connectivity index (χ0n) is 9.16. The van der Waals surface area contributed by atoms with Crippen LogP contribution in [0.2, 0.25) is 5.02 Å². The van der Waals surface area contributed by atoms with E-state index in [9.17, 15) is 0 Å². The Balaban J connectivity index is 2.05. The van der Waals surface area contributed by atoms with Gasteiger partial charge in [0.2, 0.25) is 0 Å². The Morgan fingerprint density at radius 2 is 2.50 bits per heavy atom. The lowest BCUT2D eigenvalue weighted by Crippen LogP contribution is -2.54. The number of halogens is 1. The summed E-state index contributed by atoms with van der Waals surface area (Å²) in [5, 5.41) is 4.21. The van der Waals surface area contributed by atoms with Crippen LogP contribution in [-0.2, 0) is 0 Å². The summed E-state index contributed by atoms with van der Waals surface area (Å²) >= 11 is 8.00. The van der Waals surface area contributed by atoms with Gasteiger partial charge in [0.25, 0.3) is 0 Å². The summed E-state index contributed by atoms with van der Waals surface area (Å²) in [6.07, 6.45) is 1.78. The molecule has 1 aromatic heterocycles. The molecule has 3 nitrogen and oxygen atoms in total. The summed E-state index contributed by atoms with van der Waals surface area (Å²) in [6, 6.07) is 0.583. The molecule has 1 N–H and O–H groups in total. The Morgan fingerprint density at radius 3 is 3.38 bits per heavy atom. The standard InChI is InChI=1S/C11H14ClN3S/c1-7-9(12)5-14-11-10(7)16-6-8-4-13-2-3-15(8)11/h5,8,13H,2-4,6H2,1H3. The smallest absolute Gasteiger partial charge is 0.142 e. The molecule has 1 aromatic rings. The number of nitrogens with zero attached hydrogens (tertiary/aromatic N) is 2. The van der Waals surface area contributed by atoms with Crippen molar-refractivity contribution in [3.63, 3.8) is 0 Å². The summed E-state index contributed by atoms with van der Waals surface area (Å²) in [5.74, 6) is 2.26. The normalized spacial score (nSPS) is 23.9. The second-order valence-electron chi connectivity index (χ2n) is 4.25. The van der Waals surface area contributed by atoms with E-state index in [1.165, 1.54) is 10.5 Å². The van der Waals surface area contributed by atoms with Gasteiger partial charge in [0.15, 0.2) is 0 Å². The molecule has 1 unspecified atom stereocenters. The van der Waals surface area contributed by atoms with E-state index in [0.717, 1.165) is 36.2 Å². The van der Waals surface area contributed by atoms with Gasteiger partial charge < -0.3 is 10.2 Å². The van der Waals surface area contributed by atoms with Gasteiger partial charge in [0, 0.05) is 31.6 Å². The van der Waals surface area contributed by atoms with Crippen LogP contribution in [0.25, 0.3) is 0 Å². The minimum Gasteiger partial charge on any atom is -0.349 e. The number of hydrogen-bond donors (Lipinski definition) is 1. The predicted molar refractivity (Wildman–Crippen MR) is 68.7 cm³/mol. The van der Waals surface area contributed by atoms with Gasteiger partial charge in [0.05, 0.1) is 16.0 Å². The van der Waals surface area contributed by atoms with Crippen LogP contribution >= 0.6 is 23.4 Å². The number of fused-ring (bicyclic) bond motifs is 3. The number of rotatable bonds is 0. The maximum Gasteiger partial charge on any atom is 0.142 e. The molecule has 0 bridgehead atoms. The first-order valence-corrected chi connectivity index (χ1v) is 6.89. The van der Waals surface area contributed by atoms with Crippen LogP contribution in [0.1, 0.15) is 5.56 Å². The number of thioether (sulfide) groups is 1. The highest BCUT2D eigenvalue weighted by Gasteiger charge is 2.31. The van der Waals surface area contributed by atoms with E-state index >= 15 is 0 Å². The van der Waals surface area contributed by atoms with Crippen molar-refractivity contribution in [2.45, 2.75) is 17.9 Å². The Kier molecular flexibility index (Phi) is 2.73. The summed E-state index contributed by atoms with van der Waals surface area (Å²) in [6.45, 7) is 5.24. The van der Waals surface area contributed by atoms with Crippen molar-refractivity contribution in [2.75, 3.05) is 30.3 Å². The lowest BCUT2D eigenvalue weighted by Gasteiger charge is -2.41. The van der Waals surface area contributed by atoms with Gasteiger partial charge in [-0.15, -0.1) is 11.8 Å². The van der Waals surface area contributed by atoms with Crippen LogP contribution in [0, 0.1) is 6.92 Å². The van der Waals surface area contributed by atoms with Crippen molar-refractivity contribution in [1.82, 2.24) is 10.3 Å². The Morgan fingerprint density at radius 1 is 1.62 bits per heavy atom. The van der Waals surface area contributed by atoms with Gasteiger partial charge in [-0.2, -0.15) is 0 Å². The summed E-state index contributed by atoms with van der Waals surface area (Å²) < 4.78 is 0. The number of pyridine rings is 1. The number of aromatic nitrogens is 1. The third-order valence-corrected chi connectivity index (χ3v) is 4.95. The first-order chi connectivity index (χ1) is 7.77. The van der Waals surface area contributed by atoms with Crippen molar-refractivity contribution < 1.29 is 0 Å². The fraction of sp³-hybridized carbons (Fsp3) is 0.545. The zero-order valence-corrected chi connectivity index (χ0v) is 10.7. The van der Waals surface area contributed by atoms with Crippen molar-refractivity contribution >= 4 is 29.2 Å². The molecule has 1 atom stereocenters. The third-order valence-electron chi connectivity index (χ3n) is 3.24. The molecule has 1 fully saturated rings. The quantitative estimate of drug-likeness (QED) is 0.767. The van der Waals surface area contributed by atoms with Crippen LogP contribution < -0.4 is 10.2 Å². The second-order valence-corrected chi connectivity index (χ2v) is 5.68. The van der Waals surface area contributed by atoms with Crippen molar-refractivity contribution in [3.8, 4) is 0 Å². The summed E-state index contributed by atoms with van der Waals surface area (Å²) in [7, 11) is 0. The first kappa shape index (κ1) is 10.7. The van der Waals surface area contributed by atoms with Gasteiger partial charge >= 0.3 is 0 Å². The SMILES string of the molecule is Cc1c(Cl)cnc2c1SCC1CNCCN21. The van der Waals surface area contributed by atoms with Crippen LogP contribution in [-0.4, -0.2) is 36.4 Å². The summed E-state index contributed by atoms with van der Waals surface area (Å²) in [4.78, 5) is 8.20. The van der Waals surface area contributed by atoms with Crippen molar-refractivity contribution in [1.29, 1.82) is 0 Å². The van der Waals surface area contributed by atoms with E-state index in [2.05, 4.69) is 22.1 Å². The molecule has 86 valence electrons. The maximum absolute atomic E-state index is 6.11. The molecular formula is C11H14ClN3S. The van der Waals surface area contributed by atoms with E-state index in [4.69, 9.17) is 11.6 Å².